The third-order valence-electron chi connectivity index (χ3n) is 5.53. The van der Waals surface area contributed by atoms with Crippen LogP contribution in [0, 0.1) is 0 Å². The van der Waals surface area contributed by atoms with E-state index in [1.54, 1.807) is 20.2 Å². The Hall–Kier alpha value is -2.67. The number of fused-ring (bicyclic) bond motifs is 2. The molecule has 4 rings (SSSR count). The molecule has 1 aliphatic rings. The molecule has 0 fully saturated rings. The highest BCUT2D eigenvalue weighted by atomic mass is 32.2. The maximum absolute atomic E-state index is 13.6. The average Bonchev–Trinajstić information content (AvgIpc) is 2.85. The quantitative estimate of drug-likeness (QED) is 0.605. The second-order valence-corrected chi connectivity index (χ2v) is 9.32. The number of ether oxygens (including phenoxy) is 1. The highest BCUT2D eigenvalue weighted by molar-refractivity contribution is 7.92. The lowest BCUT2D eigenvalue weighted by Gasteiger charge is -2.22. The molecule has 3 aromatic rings. The first kappa shape index (κ1) is 20.6. The summed E-state index contributed by atoms with van der Waals surface area (Å²) in [5.41, 5.74) is 4.29. The molecular formula is C24H26N2O3S. The van der Waals surface area contributed by atoms with Gasteiger partial charge in [0.2, 0.25) is 0 Å². The third-order valence-corrected chi connectivity index (χ3v) is 7.36. The normalized spacial score (nSPS) is 17.1. The molecule has 1 N–H and O–H groups in total. The van der Waals surface area contributed by atoms with Gasteiger partial charge in [0.1, 0.15) is 0 Å². The van der Waals surface area contributed by atoms with Crippen molar-refractivity contribution in [3.63, 3.8) is 0 Å². The van der Waals surface area contributed by atoms with Crippen LogP contribution < -0.4 is 9.62 Å². The molecule has 3 aromatic carbocycles. The number of hydrogen-bond donors (Lipinski definition) is 1. The van der Waals surface area contributed by atoms with Gasteiger partial charge in [-0.05, 0) is 47.4 Å². The van der Waals surface area contributed by atoms with Crippen molar-refractivity contribution >= 4 is 15.7 Å². The minimum absolute atomic E-state index is 0.224. The number of anilines is 1. The summed E-state index contributed by atoms with van der Waals surface area (Å²) in [6, 6.07) is 23.0. The molecule has 0 aliphatic carbocycles. The Morgan fingerprint density at radius 1 is 0.933 bits per heavy atom. The van der Waals surface area contributed by atoms with Crippen LogP contribution in [-0.4, -0.2) is 35.7 Å². The predicted octanol–water partition coefficient (Wildman–Crippen LogP) is 4.21. The van der Waals surface area contributed by atoms with Gasteiger partial charge >= 0.3 is 0 Å². The van der Waals surface area contributed by atoms with Crippen LogP contribution in [0.15, 0.2) is 77.7 Å². The fraction of sp³-hybridized carbons (Fsp3) is 0.250. The highest BCUT2D eigenvalue weighted by Gasteiger charge is 2.34. The Labute approximate surface area is 178 Å². The van der Waals surface area contributed by atoms with Gasteiger partial charge < -0.3 is 10.1 Å². The van der Waals surface area contributed by atoms with Crippen molar-refractivity contribution in [2.24, 2.45) is 0 Å². The predicted molar refractivity (Wildman–Crippen MR) is 120 cm³/mol. The number of nitrogens with zero attached hydrogens (tertiary/aromatic N) is 1. The molecule has 0 saturated heterocycles. The van der Waals surface area contributed by atoms with E-state index in [0.29, 0.717) is 17.2 Å². The van der Waals surface area contributed by atoms with Crippen molar-refractivity contribution in [2.75, 3.05) is 31.6 Å². The van der Waals surface area contributed by atoms with Crippen LogP contribution in [0.4, 0.5) is 5.69 Å². The van der Waals surface area contributed by atoms with Crippen LogP contribution >= 0.6 is 0 Å². The molecule has 0 amide bonds. The summed E-state index contributed by atoms with van der Waals surface area (Å²) in [6.45, 7) is 1.37. The number of methoxy groups -OCH3 is 1. The standard InChI is InChI=1S/C24H26N2O3S/c1-26-22-12-7-6-11-20(22)24(25-15-8-16-29-2)21-14-13-19(17-23(21)30(26,27)28)18-9-4-3-5-10-18/h3-7,9-14,17,24-25H,8,15-16H2,1-2H3. The summed E-state index contributed by atoms with van der Waals surface area (Å²) in [4.78, 5) is 0.340. The number of sulfonamides is 1. The van der Waals surface area contributed by atoms with Crippen LogP contribution in [-0.2, 0) is 14.8 Å². The van der Waals surface area contributed by atoms with Crippen molar-refractivity contribution in [3.8, 4) is 11.1 Å². The van der Waals surface area contributed by atoms with E-state index < -0.39 is 10.0 Å². The van der Waals surface area contributed by atoms with Crippen LogP contribution in [0.25, 0.3) is 11.1 Å². The van der Waals surface area contributed by atoms with Crippen molar-refractivity contribution < 1.29 is 13.2 Å². The van der Waals surface area contributed by atoms with Gasteiger partial charge in [-0.25, -0.2) is 8.42 Å². The van der Waals surface area contributed by atoms with E-state index in [4.69, 9.17) is 4.74 Å². The lowest BCUT2D eigenvalue weighted by Crippen LogP contribution is -2.26. The molecule has 1 heterocycles. The third kappa shape index (κ3) is 3.74. The van der Waals surface area contributed by atoms with E-state index >= 15 is 0 Å². The average molecular weight is 423 g/mol. The Balaban J connectivity index is 1.87. The van der Waals surface area contributed by atoms with Gasteiger partial charge in [-0.1, -0.05) is 60.7 Å². The molecule has 6 heteroatoms. The summed E-state index contributed by atoms with van der Waals surface area (Å²) in [5, 5.41) is 3.56. The molecule has 5 nitrogen and oxygen atoms in total. The topological polar surface area (TPSA) is 58.6 Å². The van der Waals surface area contributed by atoms with Crippen LogP contribution in [0.3, 0.4) is 0 Å². The van der Waals surface area contributed by atoms with Crippen LogP contribution in [0.1, 0.15) is 23.6 Å². The first-order chi connectivity index (χ1) is 14.5. The summed E-state index contributed by atoms with van der Waals surface area (Å²) >= 11 is 0. The van der Waals surface area contributed by atoms with Crippen LogP contribution in [0.5, 0.6) is 0 Å². The fourth-order valence-corrected chi connectivity index (χ4v) is 5.43. The van der Waals surface area contributed by atoms with Crippen molar-refractivity contribution in [3.05, 3.63) is 83.9 Å². The molecule has 30 heavy (non-hydrogen) atoms. The lowest BCUT2D eigenvalue weighted by atomic mass is 9.94. The number of para-hydroxylation sites is 1. The summed E-state index contributed by atoms with van der Waals surface area (Å²) in [5.74, 6) is 0. The SMILES string of the molecule is COCCCNC1c2ccccc2N(C)S(=O)(=O)c2cc(-c3ccccc3)ccc21. The largest absolute Gasteiger partial charge is 0.385 e. The number of rotatable bonds is 6. The first-order valence-corrected chi connectivity index (χ1v) is 11.5. The molecule has 1 atom stereocenters. The monoisotopic (exact) mass is 422 g/mol. The maximum Gasteiger partial charge on any atom is 0.264 e. The zero-order valence-electron chi connectivity index (χ0n) is 17.2. The van der Waals surface area contributed by atoms with Gasteiger partial charge in [0, 0.05) is 20.8 Å². The van der Waals surface area contributed by atoms with E-state index in [1.807, 2.05) is 66.7 Å². The zero-order chi connectivity index (χ0) is 21.1. The molecule has 156 valence electrons. The van der Waals surface area contributed by atoms with E-state index in [-0.39, 0.29) is 6.04 Å². The molecule has 0 radical (unpaired) electrons. The van der Waals surface area contributed by atoms with Crippen molar-refractivity contribution in [1.29, 1.82) is 0 Å². The number of nitrogens with one attached hydrogen (secondary N) is 1. The second-order valence-electron chi connectivity index (χ2n) is 7.38. The number of benzene rings is 3. The smallest absolute Gasteiger partial charge is 0.264 e. The maximum atomic E-state index is 13.6. The lowest BCUT2D eigenvalue weighted by molar-refractivity contribution is 0.193. The fourth-order valence-electron chi connectivity index (χ4n) is 3.95. The van der Waals surface area contributed by atoms with E-state index in [0.717, 1.165) is 35.2 Å². The minimum Gasteiger partial charge on any atom is -0.385 e. The van der Waals surface area contributed by atoms with Crippen LogP contribution in [0.2, 0.25) is 0 Å². The Bertz CT molecular complexity index is 1130. The molecule has 0 saturated carbocycles. The van der Waals surface area contributed by atoms with Crippen molar-refractivity contribution in [1.82, 2.24) is 5.32 Å². The molecule has 1 aliphatic heterocycles. The van der Waals surface area contributed by atoms with Gasteiger partial charge in [0.05, 0.1) is 16.6 Å². The minimum atomic E-state index is -3.70. The molecular weight excluding hydrogens is 396 g/mol. The number of hydrogen-bond acceptors (Lipinski definition) is 4. The summed E-state index contributed by atoms with van der Waals surface area (Å²) in [6.07, 6.45) is 0.842. The highest BCUT2D eigenvalue weighted by Crippen LogP contribution is 2.41. The van der Waals surface area contributed by atoms with Gasteiger partial charge in [0.15, 0.2) is 0 Å². The van der Waals surface area contributed by atoms with Gasteiger partial charge in [-0.2, -0.15) is 0 Å². The molecule has 0 spiro atoms. The zero-order valence-corrected chi connectivity index (χ0v) is 18.0. The Kier molecular flexibility index (Phi) is 5.90. The van der Waals surface area contributed by atoms with Gasteiger partial charge in [-0.15, -0.1) is 0 Å². The van der Waals surface area contributed by atoms with E-state index in [9.17, 15) is 8.42 Å². The Morgan fingerprint density at radius 2 is 1.67 bits per heavy atom. The summed E-state index contributed by atoms with van der Waals surface area (Å²) in [7, 11) is -0.392. The van der Waals surface area contributed by atoms with E-state index in [1.165, 1.54) is 4.31 Å². The molecule has 0 bridgehead atoms. The van der Waals surface area contributed by atoms with Crippen molar-refractivity contribution in [2.45, 2.75) is 17.4 Å². The van der Waals surface area contributed by atoms with E-state index in [2.05, 4.69) is 5.32 Å². The molecule has 1 unspecified atom stereocenters. The van der Waals surface area contributed by atoms with Gasteiger partial charge in [-0.3, -0.25) is 4.31 Å². The molecule has 0 aromatic heterocycles. The Morgan fingerprint density at radius 3 is 2.43 bits per heavy atom. The first-order valence-electron chi connectivity index (χ1n) is 10.0. The summed E-state index contributed by atoms with van der Waals surface area (Å²) < 4.78 is 33.7. The van der Waals surface area contributed by atoms with Gasteiger partial charge in [0.25, 0.3) is 10.0 Å². The second kappa shape index (κ2) is 8.60.